The Morgan fingerprint density at radius 1 is 1.27 bits per heavy atom. The quantitative estimate of drug-likeness (QED) is 0.785. The Bertz CT molecular complexity index is 720. The number of nitrogens with zero attached hydrogens (tertiary/aromatic N) is 1. The van der Waals surface area contributed by atoms with E-state index in [1.165, 1.54) is 0 Å². The molecule has 3 nitrogen and oxygen atoms in total. The largest absolute Gasteiger partial charge is 0.495 e. The Morgan fingerprint density at radius 3 is 2.82 bits per heavy atom. The van der Waals surface area contributed by atoms with Crippen molar-refractivity contribution in [3.63, 3.8) is 0 Å². The molecule has 2 aromatic carbocycles. The van der Waals surface area contributed by atoms with Crippen LogP contribution in [-0.2, 0) is 4.79 Å². The minimum atomic E-state index is -0.0263. The van der Waals surface area contributed by atoms with Crippen molar-refractivity contribution in [3.8, 4) is 5.75 Å². The topological polar surface area (TPSA) is 29.5 Å². The van der Waals surface area contributed by atoms with E-state index in [0.29, 0.717) is 5.75 Å². The van der Waals surface area contributed by atoms with Gasteiger partial charge < -0.3 is 4.74 Å². The van der Waals surface area contributed by atoms with E-state index in [-0.39, 0.29) is 11.3 Å². The number of anilines is 1. The number of amides is 1. The summed E-state index contributed by atoms with van der Waals surface area (Å²) in [6, 6.07) is 14.0. The Labute approximate surface area is 142 Å². The number of rotatable bonds is 3. The summed E-state index contributed by atoms with van der Waals surface area (Å²) in [5.41, 5.74) is 3.04. The Morgan fingerprint density at radius 2 is 2.09 bits per heavy atom. The third kappa shape index (κ3) is 2.88. The summed E-state index contributed by atoms with van der Waals surface area (Å²) in [7, 11) is 1.64. The molecule has 1 aliphatic heterocycles. The van der Waals surface area contributed by atoms with Gasteiger partial charge in [-0.2, -0.15) is 0 Å². The molecule has 0 aliphatic carbocycles. The average molecular weight is 378 g/mol. The van der Waals surface area contributed by atoms with Crippen LogP contribution in [0.4, 0.5) is 5.69 Å². The fourth-order valence-electron chi connectivity index (χ4n) is 2.58. The number of ether oxygens (including phenoxy) is 1. The van der Waals surface area contributed by atoms with Gasteiger partial charge in [0.25, 0.3) is 0 Å². The lowest BCUT2D eigenvalue weighted by molar-refractivity contribution is -0.115. The molecule has 1 unspecified atom stereocenters. The molecule has 114 valence electrons. The number of benzene rings is 2. The Hall–Kier alpha value is -1.46. The zero-order valence-electron chi connectivity index (χ0n) is 12.4. The number of halogens is 1. The highest BCUT2D eigenvalue weighted by Crippen LogP contribution is 2.45. The zero-order chi connectivity index (χ0) is 15.7. The van der Waals surface area contributed by atoms with Gasteiger partial charge in [-0.1, -0.05) is 34.1 Å². The smallest absolute Gasteiger partial charge is 0.238 e. The molecule has 0 N–H and O–H groups in total. The van der Waals surface area contributed by atoms with Crippen LogP contribution >= 0.6 is 27.7 Å². The lowest BCUT2D eigenvalue weighted by atomic mass is 10.1. The molecule has 1 fully saturated rings. The van der Waals surface area contributed by atoms with E-state index >= 15 is 0 Å². The molecular formula is C17H16BrNO2S. The second-order valence-electron chi connectivity index (χ2n) is 5.16. The molecule has 22 heavy (non-hydrogen) atoms. The molecule has 2 aromatic rings. The summed E-state index contributed by atoms with van der Waals surface area (Å²) in [4.78, 5) is 14.3. The number of hydrogen-bond donors (Lipinski definition) is 0. The van der Waals surface area contributed by atoms with E-state index in [1.807, 2.05) is 42.2 Å². The molecule has 1 atom stereocenters. The van der Waals surface area contributed by atoms with E-state index in [1.54, 1.807) is 18.9 Å². The number of methoxy groups -OCH3 is 1. The molecule has 5 heteroatoms. The number of carbonyl (C=O) groups excluding carboxylic acids is 1. The molecule has 0 spiro atoms. The van der Waals surface area contributed by atoms with Crippen LogP contribution in [0.3, 0.4) is 0 Å². The molecule has 1 aliphatic rings. The third-order valence-electron chi connectivity index (χ3n) is 3.60. The van der Waals surface area contributed by atoms with Crippen molar-refractivity contribution in [2.75, 3.05) is 17.8 Å². The van der Waals surface area contributed by atoms with Gasteiger partial charge in [-0.15, -0.1) is 11.8 Å². The van der Waals surface area contributed by atoms with E-state index in [0.717, 1.165) is 27.0 Å². The first kappa shape index (κ1) is 15.4. The fraction of sp³-hybridized carbons (Fsp3) is 0.235. The second-order valence-corrected chi connectivity index (χ2v) is 7.14. The SMILES string of the molecule is COc1cc(C)ccc1N1C(=O)CSC1c1cccc(Br)c1. The number of aryl methyl sites for hydroxylation is 1. The van der Waals surface area contributed by atoms with Gasteiger partial charge in [0.1, 0.15) is 11.1 Å². The van der Waals surface area contributed by atoms with Crippen molar-refractivity contribution in [2.45, 2.75) is 12.3 Å². The standard InChI is InChI=1S/C17H16BrNO2S/c1-11-6-7-14(15(8-11)21-2)19-16(20)10-22-17(19)12-4-3-5-13(18)9-12/h3-9,17H,10H2,1-2H3. The maximum Gasteiger partial charge on any atom is 0.238 e. The van der Waals surface area contributed by atoms with Crippen LogP contribution in [0, 0.1) is 6.92 Å². The van der Waals surface area contributed by atoms with E-state index < -0.39 is 0 Å². The lowest BCUT2D eigenvalue weighted by Gasteiger charge is -2.26. The number of hydrogen-bond acceptors (Lipinski definition) is 3. The maximum absolute atomic E-state index is 12.4. The van der Waals surface area contributed by atoms with Crippen LogP contribution in [0.1, 0.15) is 16.5 Å². The fourth-order valence-corrected chi connectivity index (χ4v) is 4.15. The number of carbonyl (C=O) groups is 1. The normalized spacial score (nSPS) is 17.9. The van der Waals surface area contributed by atoms with Crippen LogP contribution in [0.2, 0.25) is 0 Å². The summed E-state index contributed by atoms with van der Waals surface area (Å²) in [5, 5.41) is -0.0263. The maximum atomic E-state index is 12.4. The first-order chi connectivity index (χ1) is 10.6. The predicted octanol–water partition coefficient (Wildman–Crippen LogP) is 4.54. The summed E-state index contributed by atoms with van der Waals surface area (Å²) < 4.78 is 6.50. The van der Waals surface area contributed by atoms with Gasteiger partial charge in [-0.25, -0.2) is 0 Å². The van der Waals surface area contributed by atoms with Gasteiger partial charge in [-0.3, -0.25) is 9.69 Å². The van der Waals surface area contributed by atoms with Crippen molar-refractivity contribution >= 4 is 39.3 Å². The highest BCUT2D eigenvalue weighted by Gasteiger charge is 2.35. The molecule has 0 saturated carbocycles. The molecular weight excluding hydrogens is 362 g/mol. The van der Waals surface area contributed by atoms with Gasteiger partial charge in [0.05, 0.1) is 18.6 Å². The van der Waals surface area contributed by atoms with Crippen LogP contribution in [0.5, 0.6) is 5.75 Å². The van der Waals surface area contributed by atoms with Gasteiger partial charge in [-0.05, 0) is 42.3 Å². The molecule has 1 saturated heterocycles. The third-order valence-corrected chi connectivity index (χ3v) is 5.30. The highest BCUT2D eigenvalue weighted by atomic mass is 79.9. The van der Waals surface area contributed by atoms with Gasteiger partial charge in [0.2, 0.25) is 5.91 Å². The average Bonchev–Trinajstić information content (AvgIpc) is 2.89. The molecule has 1 heterocycles. The van der Waals surface area contributed by atoms with Gasteiger partial charge in [0, 0.05) is 4.47 Å². The summed E-state index contributed by atoms with van der Waals surface area (Å²) >= 11 is 5.14. The Kier molecular flexibility index (Phi) is 4.45. The van der Waals surface area contributed by atoms with Crippen LogP contribution in [0.15, 0.2) is 46.9 Å². The van der Waals surface area contributed by atoms with Crippen LogP contribution < -0.4 is 9.64 Å². The van der Waals surface area contributed by atoms with Gasteiger partial charge in [0.15, 0.2) is 0 Å². The van der Waals surface area contributed by atoms with E-state index in [2.05, 4.69) is 28.1 Å². The van der Waals surface area contributed by atoms with Crippen molar-refractivity contribution in [1.82, 2.24) is 0 Å². The first-order valence-electron chi connectivity index (χ1n) is 6.94. The molecule has 0 radical (unpaired) electrons. The van der Waals surface area contributed by atoms with Crippen molar-refractivity contribution in [2.24, 2.45) is 0 Å². The summed E-state index contributed by atoms with van der Waals surface area (Å²) in [6.07, 6.45) is 0. The molecule has 0 aromatic heterocycles. The van der Waals surface area contributed by atoms with E-state index in [9.17, 15) is 4.79 Å². The molecule has 1 amide bonds. The molecule has 0 bridgehead atoms. The number of thioether (sulfide) groups is 1. The minimum absolute atomic E-state index is 0.0263. The highest BCUT2D eigenvalue weighted by molar-refractivity contribution is 9.10. The van der Waals surface area contributed by atoms with E-state index in [4.69, 9.17) is 4.74 Å². The first-order valence-corrected chi connectivity index (χ1v) is 8.78. The zero-order valence-corrected chi connectivity index (χ0v) is 14.8. The molecule has 3 rings (SSSR count). The minimum Gasteiger partial charge on any atom is -0.495 e. The second kappa shape index (κ2) is 6.34. The van der Waals surface area contributed by atoms with Crippen molar-refractivity contribution in [1.29, 1.82) is 0 Å². The van der Waals surface area contributed by atoms with Crippen LogP contribution in [0.25, 0.3) is 0 Å². The van der Waals surface area contributed by atoms with Crippen molar-refractivity contribution < 1.29 is 9.53 Å². The lowest BCUT2D eigenvalue weighted by Crippen LogP contribution is -2.28. The summed E-state index contributed by atoms with van der Waals surface area (Å²) in [5.74, 6) is 1.32. The monoisotopic (exact) mass is 377 g/mol. The summed E-state index contributed by atoms with van der Waals surface area (Å²) in [6.45, 7) is 2.01. The Balaban J connectivity index is 2.05. The van der Waals surface area contributed by atoms with Crippen LogP contribution in [-0.4, -0.2) is 18.8 Å². The van der Waals surface area contributed by atoms with Crippen molar-refractivity contribution in [3.05, 3.63) is 58.1 Å². The predicted molar refractivity (Wildman–Crippen MR) is 94.6 cm³/mol. The van der Waals surface area contributed by atoms with Gasteiger partial charge >= 0.3 is 0 Å².